The molecule has 4 aromatic rings. The number of para-hydroxylation sites is 1. The molecule has 0 aliphatic carbocycles. The van der Waals surface area contributed by atoms with Crippen molar-refractivity contribution in [2.45, 2.75) is 25.9 Å². The van der Waals surface area contributed by atoms with Crippen molar-refractivity contribution in [3.05, 3.63) is 83.3 Å². The Morgan fingerprint density at radius 2 is 1.97 bits per heavy atom. The minimum absolute atomic E-state index is 0.101. The van der Waals surface area contributed by atoms with Crippen LogP contribution in [0.3, 0.4) is 0 Å². The number of likely N-dealkylation sites (N-methyl/N-ethyl adjacent to an activating group) is 1. The number of benzene rings is 2. The first kappa shape index (κ1) is 20.3. The van der Waals surface area contributed by atoms with Crippen LogP contribution in [0.25, 0.3) is 10.9 Å². The van der Waals surface area contributed by atoms with Gasteiger partial charge in [-0.15, -0.1) is 5.10 Å². The zero-order valence-electron chi connectivity index (χ0n) is 18.6. The van der Waals surface area contributed by atoms with Crippen molar-refractivity contribution in [2.75, 3.05) is 25.5 Å². The van der Waals surface area contributed by atoms with E-state index in [9.17, 15) is 4.79 Å². The first-order valence-corrected chi connectivity index (χ1v) is 10.8. The summed E-state index contributed by atoms with van der Waals surface area (Å²) in [6, 6.07) is 18.5. The van der Waals surface area contributed by atoms with E-state index in [0.29, 0.717) is 18.8 Å². The average Bonchev–Trinajstić information content (AvgIpc) is 3.17. The molecule has 32 heavy (non-hydrogen) atoms. The molecular weight excluding hydrogens is 400 g/mol. The molecule has 0 fully saturated rings. The molecule has 7 heteroatoms. The number of anilines is 1. The zero-order valence-corrected chi connectivity index (χ0v) is 18.6. The van der Waals surface area contributed by atoms with Gasteiger partial charge in [0.25, 0.3) is 5.91 Å². The van der Waals surface area contributed by atoms with E-state index in [1.807, 2.05) is 54.3 Å². The summed E-state index contributed by atoms with van der Waals surface area (Å²) in [4.78, 5) is 22.0. The van der Waals surface area contributed by atoms with Gasteiger partial charge in [0.05, 0.1) is 17.8 Å². The molecule has 162 valence electrons. The summed E-state index contributed by atoms with van der Waals surface area (Å²) in [5.41, 5.74) is 5.37. The fourth-order valence-corrected chi connectivity index (χ4v) is 4.34. The molecule has 0 radical (unpaired) electrons. The topological polar surface area (TPSA) is 67.2 Å². The monoisotopic (exact) mass is 426 g/mol. The van der Waals surface area contributed by atoms with Crippen molar-refractivity contribution in [1.82, 2.24) is 24.9 Å². The molecule has 3 heterocycles. The minimum Gasteiger partial charge on any atom is -0.305 e. The minimum atomic E-state index is -0.101. The molecule has 1 amide bonds. The predicted molar refractivity (Wildman–Crippen MR) is 125 cm³/mol. The Kier molecular flexibility index (Phi) is 5.19. The molecule has 1 unspecified atom stereocenters. The Morgan fingerprint density at radius 1 is 1.12 bits per heavy atom. The second kappa shape index (κ2) is 8.16. The van der Waals surface area contributed by atoms with E-state index in [2.05, 4.69) is 46.4 Å². The SMILES string of the molecule is Cc1c(C(=O)N2CC(N(C)C)Cc3ccccc32)nnn1Cc1ccc2ncccc2c1. The van der Waals surface area contributed by atoms with E-state index >= 15 is 0 Å². The third-order valence-corrected chi connectivity index (χ3v) is 6.29. The van der Waals surface area contributed by atoms with Gasteiger partial charge in [-0.3, -0.25) is 9.78 Å². The van der Waals surface area contributed by atoms with Crippen LogP contribution in [-0.4, -0.2) is 57.5 Å². The highest BCUT2D eigenvalue weighted by molar-refractivity contribution is 6.06. The molecule has 1 atom stereocenters. The summed E-state index contributed by atoms with van der Waals surface area (Å²) in [6.07, 6.45) is 2.72. The summed E-state index contributed by atoms with van der Waals surface area (Å²) in [5.74, 6) is -0.101. The Labute approximate surface area is 187 Å². The van der Waals surface area contributed by atoms with E-state index in [0.717, 1.165) is 34.3 Å². The van der Waals surface area contributed by atoms with Gasteiger partial charge in [0.15, 0.2) is 5.69 Å². The lowest BCUT2D eigenvalue weighted by Crippen LogP contribution is -2.48. The Morgan fingerprint density at radius 3 is 2.81 bits per heavy atom. The molecule has 1 aliphatic heterocycles. The lowest BCUT2D eigenvalue weighted by Gasteiger charge is -2.37. The first-order chi connectivity index (χ1) is 15.5. The molecule has 0 bridgehead atoms. The number of carbonyl (C=O) groups excluding carboxylic acids is 1. The summed E-state index contributed by atoms with van der Waals surface area (Å²) in [7, 11) is 4.11. The van der Waals surface area contributed by atoms with Crippen molar-refractivity contribution >= 4 is 22.5 Å². The Balaban J connectivity index is 1.44. The highest BCUT2D eigenvalue weighted by Gasteiger charge is 2.32. The molecule has 7 nitrogen and oxygen atoms in total. The standard InChI is InChI=1S/C25H26N6O/c1-17-24(25(32)30-16-21(29(2)3)14-20-7-4-5-9-23(20)30)27-28-31(17)15-18-10-11-22-19(13-18)8-6-12-26-22/h4-13,21H,14-16H2,1-3H3. The lowest BCUT2D eigenvalue weighted by atomic mass is 9.97. The number of hydrogen-bond donors (Lipinski definition) is 0. The van der Waals surface area contributed by atoms with Crippen LogP contribution < -0.4 is 4.90 Å². The van der Waals surface area contributed by atoms with Crippen LogP contribution in [0.2, 0.25) is 0 Å². The van der Waals surface area contributed by atoms with Gasteiger partial charge in [-0.25, -0.2) is 4.68 Å². The number of rotatable bonds is 4. The van der Waals surface area contributed by atoms with Crippen molar-refractivity contribution in [3.8, 4) is 0 Å². The highest BCUT2D eigenvalue weighted by atomic mass is 16.2. The second-order valence-corrected chi connectivity index (χ2v) is 8.58. The third kappa shape index (κ3) is 3.65. The van der Waals surface area contributed by atoms with Gasteiger partial charge in [0.1, 0.15) is 0 Å². The fourth-order valence-electron chi connectivity index (χ4n) is 4.34. The number of amides is 1. The van der Waals surface area contributed by atoms with Crippen molar-refractivity contribution in [2.24, 2.45) is 0 Å². The molecule has 1 aliphatic rings. The molecule has 5 rings (SSSR count). The van der Waals surface area contributed by atoms with Crippen molar-refractivity contribution < 1.29 is 4.79 Å². The largest absolute Gasteiger partial charge is 0.305 e. The van der Waals surface area contributed by atoms with Crippen molar-refractivity contribution in [1.29, 1.82) is 0 Å². The summed E-state index contributed by atoms with van der Waals surface area (Å²) in [6.45, 7) is 3.09. The summed E-state index contributed by atoms with van der Waals surface area (Å²) in [5, 5.41) is 9.68. The molecule has 0 N–H and O–H groups in total. The number of carbonyl (C=O) groups is 1. The Hall–Kier alpha value is -3.58. The Bertz CT molecular complexity index is 1290. The van der Waals surface area contributed by atoms with Gasteiger partial charge in [-0.05, 0) is 62.8 Å². The predicted octanol–water partition coefficient (Wildman–Crippen LogP) is 3.32. The van der Waals surface area contributed by atoms with E-state index < -0.39 is 0 Å². The van der Waals surface area contributed by atoms with Crippen LogP contribution in [-0.2, 0) is 13.0 Å². The van der Waals surface area contributed by atoms with Gasteiger partial charge < -0.3 is 9.80 Å². The number of nitrogens with zero attached hydrogens (tertiary/aromatic N) is 6. The molecule has 0 saturated heterocycles. The van der Waals surface area contributed by atoms with Crippen LogP contribution in [0, 0.1) is 6.92 Å². The smallest absolute Gasteiger partial charge is 0.280 e. The average molecular weight is 427 g/mol. The van der Waals surface area contributed by atoms with E-state index in [-0.39, 0.29) is 11.9 Å². The number of aromatic nitrogens is 4. The second-order valence-electron chi connectivity index (χ2n) is 8.58. The fraction of sp³-hybridized carbons (Fsp3) is 0.280. The van der Waals surface area contributed by atoms with Gasteiger partial charge in [0, 0.05) is 29.9 Å². The quantitative estimate of drug-likeness (QED) is 0.501. The van der Waals surface area contributed by atoms with Crippen LogP contribution in [0.4, 0.5) is 5.69 Å². The normalized spacial score (nSPS) is 15.9. The molecule has 2 aromatic heterocycles. The first-order valence-electron chi connectivity index (χ1n) is 10.8. The lowest BCUT2D eigenvalue weighted by molar-refractivity contribution is 0.0970. The van der Waals surface area contributed by atoms with Crippen LogP contribution in [0.1, 0.15) is 27.3 Å². The maximum Gasteiger partial charge on any atom is 0.280 e. The highest BCUT2D eigenvalue weighted by Crippen LogP contribution is 2.30. The van der Waals surface area contributed by atoms with E-state index in [1.54, 1.807) is 10.9 Å². The van der Waals surface area contributed by atoms with Crippen LogP contribution >= 0.6 is 0 Å². The number of hydrogen-bond acceptors (Lipinski definition) is 5. The van der Waals surface area contributed by atoms with Gasteiger partial charge >= 0.3 is 0 Å². The maximum atomic E-state index is 13.6. The van der Waals surface area contributed by atoms with Crippen LogP contribution in [0.15, 0.2) is 60.8 Å². The van der Waals surface area contributed by atoms with Gasteiger partial charge in [0.2, 0.25) is 0 Å². The number of fused-ring (bicyclic) bond motifs is 2. The summed E-state index contributed by atoms with van der Waals surface area (Å²) >= 11 is 0. The maximum absolute atomic E-state index is 13.6. The van der Waals surface area contributed by atoms with Crippen molar-refractivity contribution in [3.63, 3.8) is 0 Å². The van der Waals surface area contributed by atoms with Crippen LogP contribution in [0.5, 0.6) is 0 Å². The molecule has 0 saturated carbocycles. The van der Waals surface area contributed by atoms with E-state index in [1.165, 1.54) is 5.56 Å². The zero-order chi connectivity index (χ0) is 22.2. The molecule has 2 aromatic carbocycles. The van der Waals surface area contributed by atoms with Gasteiger partial charge in [-0.2, -0.15) is 0 Å². The summed E-state index contributed by atoms with van der Waals surface area (Å²) < 4.78 is 1.80. The number of pyridine rings is 1. The van der Waals surface area contributed by atoms with Gasteiger partial charge in [-0.1, -0.05) is 35.5 Å². The molecular formula is C25H26N6O. The third-order valence-electron chi connectivity index (χ3n) is 6.29. The molecule has 0 spiro atoms. The van der Waals surface area contributed by atoms with E-state index in [4.69, 9.17) is 0 Å².